The number of amides is 2. The Hall–Kier alpha value is -3.43. The number of hydrogen-bond donors (Lipinski definition) is 4. The van der Waals surface area contributed by atoms with Crippen molar-refractivity contribution in [2.75, 3.05) is 13.7 Å². The molecule has 2 heterocycles. The summed E-state index contributed by atoms with van der Waals surface area (Å²) < 4.78 is 11.6. The molecule has 0 bridgehead atoms. The SMILES string of the molecule is CC[C@]1(C)CC(=O)N(C2c3cc(C(=O)N[C@@H]4c5ccccc5C[C@H]4O)ccc3OCC2OC)C(=N)N1. The van der Waals surface area contributed by atoms with Crippen molar-refractivity contribution in [1.29, 1.82) is 5.41 Å². The Morgan fingerprint density at radius 2 is 2.08 bits per heavy atom. The number of benzene rings is 2. The van der Waals surface area contributed by atoms with E-state index in [9.17, 15) is 14.7 Å². The first kappa shape index (κ1) is 24.3. The van der Waals surface area contributed by atoms with Gasteiger partial charge in [-0.25, -0.2) is 0 Å². The summed E-state index contributed by atoms with van der Waals surface area (Å²) in [5.74, 6) is 0.0358. The predicted octanol–water partition coefficient (Wildman–Crippen LogP) is 2.45. The highest BCUT2D eigenvalue weighted by Gasteiger charge is 2.45. The highest BCUT2D eigenvalue weighted by atomic mass is 16.5. The van der Waals surface area contributed by atoms with Crippen LogP contribution in [0.1, 0.15) is 65.8 Å². The molecule has 1 fully saturated rings. The summed E-state index contributed by atoms with van der Waals surface area (Å²) in [6.45, 7) is 4.13. The maximum Gasteiger partial charge on any atom is 0.251 e. The second-order valence-electron chi connectivity index (χ2n) is 10.0. The molecular formula is C27H32N4O5. The minimum absolute atomic E-state index is 0.0102. The zero-order chi connectivity index (χ0) is 25.6. The van der Waals surface area contributed by atoms with Gasteiger partial charge in [-0.2, -0.15) is 0 Å². The molecular weight excluding hydrogens is 460 g/mol. The van der Waals surface area contributed by atoms with E-state index in [1.807, 2.05) is 38.1 Å². The number of fused-ring (bicyclic) bond motifs is 2. The van der Waals surface area contributed by atoms with Gasteiger partial charge in [0.1, 0.15) is 18.5 Å². The summed E-state index contributed by atoms with van der Waals surface area (Å²) in [5.41, 5.74) is 2.42. The van der Waals surface area contributed by atoms with Gasteiger partial charge >= 0.3 is 0 Å². The summed E-state index contributed by atoms with van der Waals surface area (Å²) in [5, 5.41) is 25.4. The number of carbonyl (C=O) groups excluding carboxylic acids is 2. The second kappa shape index (κ2) is 9.22. The molecule has 1 aliphatic carbocycles. The lowest BCUT2D eigenvalue weighted by molar-refractivity contribution is -0.136. The van der Waals surface area contributed by atoms with E-state index in [0.29, 0.717) is 29.7 Å². The third-order valence-corrected chi connectivity index (χ3v) is 7.67. The van der Waals surface area contributed by atoms with Gasteiger partial charge in [-0.3, -0.25) is 19.9 Å². The normalized spacial score (nSPS) is 29.2. The lowest BCUT2D eigenvalue weighted by Crippen LogP contribution is -2.63. The number of rotatable bonds is 5. The van der Waals surface area contributed by atoms with E-state index in [2.05, 4.69) is 10.6 Å². The number of nitrogens with zero attached hydrogens (tertiary/aromatic N) is 1. The monoisotopic (exact) mass is 492 g/mol. The fourth-order valence-corrected chi connectivity index (χ4v) is 5.43. The molecule has 9 nitrogen and oxygen atoms in total. The third kappa shape index (κ3) is 4.12. The molecule has 9 heteroatoms. The number of guanidine groups is 1. The number of nitrogens with one attached hydrogen (secondary N) is 3. The van der Waals surface area contributed by atoms with Crippen LogP contribution in [0.4, 0.5) is 0 Å². The molecule has 5 rings (SSSR count). The van der Waals surface area contributed by atoms with Gasteiger partial charge in [0.2, 0.25) is 5.91 Å². The van der Waals surface area contributed by atoms with Crippen LogP contribution in [0.25, 0.3) is 0 Å². The Labute approximate surface area is 210 Å². The van der Waals surface area contributed by atoms with Crippen molar-refractivity contribution in [1.82, 2.24) is 15.5 Å². The maximum atomic E-state index is 13.3. The molecule has 0 spiro atoms. The molecule has 36 heavy (non-hydrogen) atoms. The van der Waals surface area contributed by atoms with Crippen molar-refractivity contribution in [3.63, 3.8) is 0 Å². The van der Waals surface area contributed by atoms with Crippen LogP contribution in [0.5, 0.6) is 5.75 Å². The number of aliphatic hydroxyl groups excluding tert-OH is 1. The summed E-state index contributed by atoms with van der Waals surface area (Å²) in [7, 11) is 1.54. The van der Waals surface area contributed by atoms with Crippen molar-refractivity contribution in [2.24, 2.45) is 0 Å². The van der Waals surface area contributed by atoms with E-state index in [1.54, 1.807) is 25.3 Å². The molecule has 2 aliphatic heterocycles. The van der Waals surface area contributed by atoms with Gasteiger partial charge in [-0.15, -0.1) is 0 Å². The fraction of sp³-hybridized carbons (Fsp3) is 0.444. The zero-order valence-electron chi connectivity index (χ0n) is 20.7. The van der Waals surface area contributed by atoms with Crippen LogP contribution >= 0.6 is 0 Å². The van der Waals surface area contributed by atoms with Gasteiger partial charge in [-0.1, -0.05) is 31.2 Å². The molecule has 0 radical (unpaired) electrons. The van der Waals surface area contributed by atoms with Crippen molar-refractivity contribution >= 4 is 17.8 Å². The standard InChI is InChI=1S/C27H32N4O5/c1-4-27(2)13-22(33)31(26(28)30-27)24-18-11-16(9-10-20(18)36-14-21(24)35-3)25(34)29-23-17-8-6-5-7-15(17)12-19(23)32/h5-11,19,21,23-24,32H,4,12-14H2,1-3H3,(H2,28,30)(H,29,34)/t19-,21?,23-,24?,27-/m1/s1. The molecule has 2 amide bonds. The Morgan fingerprint density at radius 3 is 2.81 bits per heavy atom. The van der Waals surface area contributed by atoms with Crippen LogP contribution in [0.15, 0.2) is 42.5 Å². The first-order valence-corrected chi connectivity index (χ1v) is 12.3. The van der Waals surface area contributed by atoms with E-state index < -0.39 is 29.8 Å². The van der Waals surface area contributed by atoms with Crippen molar-refractivity contribution < 1.29 is 24.2 Å². The van der Waals surface area contributed by atoms with Gasteiger partial charge in [0.25, 0.3) is 5.91 Å². The average Bonchev–Trinajstić information content (AvgIpc) is 3.18. The molecule has 3 aliphatic rings. The molecule has 4 N–H and O–H groups in total. The van der Waals surface area contributed by atoms with Crippen molar-refractivity contribution in [2.45, 2.75) is 62.9 Å². The quantitative estimate of drug-likeness (QED) is 0.508. The topological polar surface area (TPSA) is 124 Å². The van der Waals surface area contributed by atoms with Crippen LogP contribution in [-0.2, 0) is 16.0 Å². The third-order valence-electron chi connectivity index (χ3n) is 7.67. The first-order valence-electron chi connectivity index (χ1n) is 12.3. The van der Waals surface area contributed by atoms with Crippen LogP contribution in [0.3, 0.4) is 0 Å². The summed E-state index contributed by atoms with van der Waals surface area (Å²) in [6.07, 6.45) is 0.209. The van der Waals surface area contributed by atoms with Crippen LogP contribution in [0.2, 0.25) is 0 Å². The number of ether oxygens (including phenoxy) is 2. The zero-order valence-corrected chi connectivity index (χ0v) is 20.7. The van der Waals surface area contributed by atoms with E-state index >= 15 is 0 Å². The van der Waals surface area contributed by atoms with Crippen LogP contribution < -0.4 is 15.4 Å². The van der Waals surface area contributed by atoms with E-state index in [0.717, 1.165) is 11.1 Å². The molecule has 0 saturated carbocycles. The predicted molar refractivity (Wildman–Crippen MR) is 133 cm³/mol. The fourth-order valence-electron chi connectivity index (χ4n) is 5.43. The Morgan fingerprint density at radius 1 is 1.31 bits per heavy atom. The number of aliphatic hydroxyl groups is 1. The minimum atomic E-state index is -0.705. The Bertz CT molecular complexity index is 1200. The Balaban J connectivity index is 1.46. The minimum Gasteiger partial charge on any atom is -0.490 e. The highest BCUT2D eigenvalue weighted by molar-refractivity contribution is 6.00. The van der Waals surface area contributed by atoms with Crippen LogP contribution in [-0.4, -0.2) is 59.2 Å². The number of methoxy groups -OCH3 is 1. The molecule has 2 aromatic carbocycles. The highest BCUT2D eigenvalue weighted by Crippen LogP contribution is 2.40. The average molecular weight is 493 g/mol. The molecule has 190 valence electrons. The smallest absolute Gasteiger partial charge is 0.251 e. The Kier molecular flexibility index (Phi) is 6.22. The number of hydrogen-bond acceptors (Lipinski definition) is 6. The molecule has 1 saturated heterocycles. The first-order chi connectivity index (χ1) is 17.2. The summed E-state index contributed by atoms with van der Waals surface area (Å²) in [6, 6.07) is 11.6. The molecule has 2 aromatic rings. The van der Waals surface area contributed by atoms with E-state index in [-0.39, 0.29) is 30.8 Å². The maximum absolute atomic E-state index is 13.3. The van der Waals surface area contributed by atoms with Crippen molar-refractivity contribution in [3.05, 3.63) is 64.7 Å². The molecule has 0 aromatic heterocycles. The lowest BCUT2D eigenvalue weighted by Gasteiger charge is -2.46. The van der Waals surface area contributed by atoms with Crippen molar-refractivity contribution in [3.8, 4) is 5.75 Å². The summed E-state index contributed by atoms with van der Waals surface area (Å²) >= 11 is 0. The largest absolute Gasteiger partial charge is 0.490 e. The van der Waals surface area contributed by atoms with Gasteiger partial charge < -0.3 is 25.2 Å². The van der Waals surface area contributed by atoms with Crippen LogP contribution in [0, 0.1) is 5.41 Å². The van der Waals surface area contributed by atoms with E-state index in [4.69, 9.17) is 14.9 Å². The molecule has 2 unspecified atom stereocenters. The molecule has 5 atom stereocenters. The van der Waals surface area contributed by atoms with E-state index in [1.165, 1.54) is 4.90 Å². The summed E-state index contributed by atoms with van der Waals surface area (Å²) in [4.78, 5) is 28.0. The van der Waals surface area contributed by atoms with Gasteiger partial charge in [0.15, 0.2) is 5.96 Å². The van der Waals surface area contributed by atoms with Gasteiger partial charge in [0.05, 0.1) is 24.6 Å². The second-order valence-corrected chi connectivity index (χ2v) is 10.0. The lowest BCUT2D eigenvalue weighted by atomic mass is 9.88. The number of carbonyl (C=O) groups is 2. The van der Waals surface area contributed by atoms with Gasteiger partial charge in [-0.05, 0) is 42.7 Å². The van der Waals surface area contributed by atoms with Gasteiger partial charge in [0, 0.05) is 30.2 Å².